The first-order chi connectivity index (χ1) is 5.18. The van der Waals surface area contributed by atoms with E-state index >= 15 is 0 Å². The highest BCUT2D eigenvalue weighted by atomic mass is 127. The summed E-state index contributed by atoms with van der Waals surface area (Å²) in [6, 6.07) is 0. The summed E-state index contributed by atoms with van der Waals surface area (Å²) in [5.41, 5.74) is 4.67. The summed E-state index contributed by atoms with van der Waals surface area (Å²) in [5, 5.41) is 0. The predicted octanol–water partition coefficient (Wildman–Crippen LogP) is 2.14. The second kappa shape index (κ2) is 16.9. The first-order valence-electron chi connectivity index (χ1n) is 3.48. The first kappa shape index (κ1) is 17.6. The van der Waals surface area contributed by atoms with E-state index < -0.39 is 6.09 Å². The van der Waals surface area contributed by atoms with Crippen molar-refractivity contribution in [1.29, 1.82) is 0 Å². The molecule has 1 amide bonds. The number of amides is 1. The van der Waals surface area contributed by atoms with Crippen LogP contribution in [0.2, 0.25) is 0 Å². The van der Waals surface area contributed by atoms with E-state index in [9.17, 15) is 4.79 Å². The number of ether oxygens (including phenoxy) is 1. The van der Waals surface area contributed by atoms with Crippen LogP contribution in [0.3, 0.4) is 0 Å². The molecule has 3 nitrogen and oxygen atoms in total. The van der Waals surface area contributed by atoms with E-state index in [-0.39, 0.29) is 24.0 Å². The SMILES string of the molecule is C#CC.CCCCOC(N)=O.I. The standard InChI is InChI=1S/C5H11NO2.C3H4.HI/c1-2-3-4-8-5(6)7;1-3-2;/h2-4H2,1H3,(H2,6,7);1H,2H3;1H. The van der Waals surface area contributed by atoms with E-state index in [2.05, 4.69) is 22.8 Å². The van der Waals surface area contributed by atoms with Crippen LogP contribution in [0.5, 0.6) is 0 Å². The zero-order valence-electron chi connectivity index (χ0n) is 7.50. The maximum atomic E-state index is 9.87. The Labute approximate surface area is 91.1 Å². The number of carbonyl (C=O) groups is 1. The van der Waals surface area contributed by atoms with Gasteiger partial charge in [0.15, 0.2) is 0 Å². The van der Waals surface area contributed by atoms with Crippen LogP contribution in [0.4, 0.5) is 4.79 Å². The van der Waals surface area contributed by atoms with Gasteiger partial charge in [-0.15, -0.1) is 36.3 Å². The van der Waals surface area contributed by atoms with Gasteiger partial charge in [-0.25, -0.2) is 4.79 Å². The van der Waals surface area contributed by atoms with Crippen molar-refractivity contribution in [3.63, 3.8) is 0 Å². The monoisotopic (exact) mass is 285 g/mol. The zero-order chi connectivity index (χ0) is 9.11. The molecular weight excluding hydrogens is 269 g/mol. The van der Waals surface area contributed by atoms with Crippen LogP contribution in [0.1, 0.15) is 26.7 Å². The molecule has 0 aliphatic carbocycles. The third kappa shape index (κ3) is 33.7. The second-order valence-corrected chi connectivity index (χ2v) is 1.81. The fourth-order valence-corrected chi connectivity index (χ4v) is 0.317. The van der Waals surface area contributed by atoms with Crippen LogP contribution in [0.15, 0.2) is 0 Å². The lowest BCUT2D eigenvalue weighted by Gasteiger charge is -1.95. The number of rotatable bonds is 3. The lowest BCUT2D eigenvalue weighted by molar-refractivity contribution is 0.155. The Morgan fingerprint density at radius 1 is 1.67 bits per heavy atom. The molecule has 0 saturated heterocycles. The Morgan fingerprint density at radius 2 is 2.08 bits per heavy atom. The van der Waals surface area contributed by atoms with Crippen molar-refractivity contribution in [2.75, 3.05) is 6.61 Å². The topological polar surface area (TPSA) is 52.3 Å². The van der Waals surface area contributed by atoms with Crippen molar-refractivity contribution in [2.45, 2.75) is 26.7 Å². The molecule has 0 rings (SSSR count). The molecule has 0 unspecified atom stereocenters. The van der Waals surface area contributed by atoms with Crippen molar-refractivity contribution < 1.29 is 9.53 Å². The molecule has 2 N–H and O–H groups in total. The molecule has 4 heteroatoms. The molecule has 0 aliphatic rings. The van der Waals surface area contributed by atoms with E-state index in [0.29, 0.717) is 6.61 Å². The van der Waals surface area contributed by atoms with Gasteiger partial charge in [-0.05, 0) is 13.3 Å². The Kier molecular flexibility index (Phi) is 24.8. The number of hydrogen-bond acceptors (Lipinski definition) is 2. The molecule has 0 aromatic heterocycles. The molecule has 0 spiro atoms. The van der Waals surface area contributed by atoms with Crippen LogP contribution >= 0.6 is 24.0 Å². The van der Waals surface area contributed by atoms with Gasteiger partial charge < -0.3 is 10.5 Å². The number of unbranched alkanes of at least 4 members (excludes halogenated alkanes) is 1. The van der Waals surface area contributed by atoms with Gasteiger partial charge in [0.1, 0.15) is 0 Å². The van der Waals surface area contributed by atoms with E-state index in [1.54, 1.807) is 6.92 Å². The molecule has 0 radical (unpaired) electrons. The van der Waals surface area contributed by atoms with E-state index in [1.165, 1.54) is 0 Å². The normalized spacial score (nSPS) is 6.42. The average molecular weight is 285 g/mol. The number of halogens is 1. The Balaban J connectivity index is -0.000000177. The second-order valence-electron chi connectivity index (χ2n) is 1.81. The minimum Gasteiger partial charge on any atom is -0.450 e. The minimum absolute atomic E-state index is 0. The molecule has 0 atom stereocenters. The van der Waals surface area contributed by atoms with Crippen molar-refractivity contribution >= 4 is 30.1 Å². The maximum absolute atomic E-state index is 9.87. The van der Waals surface area contributed by atoms with Gasteiger partial charge in [0.05, 0.1) is 6.61 Å². The highest BCUT2D eigenvalue weighted by molar-refractivity contribution is 14.0. The summed E-state index contributed by atoms with van der Waals surface area (Å²) < 4.78 is 4.42. The fraction of sp³-hybridized carbons (Fsp3) is 0.625. The van der Waals surface area contributed by atoms with Crippen molar-refractivity contribution in [1.82, 2.24) is 0 Å². The van der Waals surface area contributed by atoms with Gasteiger partial charge in [0, 0.05) is 0 Å². The Hall–Kier alpha value is -0.440. The third-order valence-corrected chi connectivity index (χ3v) is 0.742. The molecule has 72 valence electrons. The van der Waals surface area contributed by atoms with Crippen molar-refractivity contribution in [3.8, 4) is 12.3 Å². The molecule has 0 aromatic rings. The lowest BCUT2D eigenvalue weighted by Crippen LogP contribution is -2.13. The van der Waals surface area contributed by atoms with Crippen molar-refractivity contribution in [3.05, 3.63) is 0 Å². The Morgan fingerprint density at radius 3 is 2.33 bits per heavy atom. The number of primary amides is 1. The predicted molar refractivity (Wildman–Crippen MR) is 60.4 cm³/mol. The van der Waals surface area contributed by atoms with Crippen LogP contribution in [-0.2, 0) is 4.74 Å². The summed E-state index contributed by atoms with van der Waals surface area (Å²) in [6.07, 6.45) is 5.83. The molecule has 0 heterocycles. The quantitative estimate of drug-likeness (QED) is 0.490. The maximum Gasteiger partial charge on any atom is 0.404 e. The molecule has 0 aromatic carbocycles. The zero-order valence-corrected chi connectivity index (χ0v) is 9.83. The van der Waals surface area contributed by atoms with E-state index in [4.69, 9.17) is 0 Å². The Bertz CT molecular complexity index is 132. The fourth-order valence-electron chi connectivity index (χ4n) is 0.317. The first-order valence-corrected chi connectivity index (χ1v) is 3.48. The van der Waals surface area contributed by atoms with Gasteiger partial charge in [0.2, 0.25) is 0 Å². The summed E-state index contributed by atoms with van der Waals surface area (Å²) >= 11 is 0. The van der Waals surface area contributed by atoms with Gasteiger partial charge in [-0.2, -0.15) is 0 Å². The van der Waals surface area contributed by atoms with Crippen LogP contribution in [0, 0.1) is 12.3 Å². The van der Waals surface area contributed by atoms with Crippen molar-refractivity contribution in [2.24, 2.45) is 5.73 Å². The highest BCUT2D eigenvalue weighted by Crippen LogP contribution is 1.85. The molecule has 0 saturated carbocycles. The molecule has 0 fully saturated rings. The van der Waals surface area contributed by atoms with Gasteiger partial charge >= 0.3 is 6.09 Å². The summed E-state index contributed by atoms with van der Waals surface area (Å²) in [5.74, 6) is 2.25. The summed E-state index contributed by atoms with van der Waals surface area (Å²) in [4.78, 5) is 9.87. The summed E-state index contributed by atoms with van der Waals surface area (Å²) in [6.45, 7) is 4.12. The highest BCUT2D eigenvalue weighted by Gasteiger charge is 1.88. The molecule has 0 aliphatic heterocycles. The number of hydrogen-bond donors (Lipinski definition) is 1. The molecule has 0 bridgehead atoms. The minimum atomic E-state index is -0.682. The van der Waals surface area contributed by atoms with Crippen LogP contribution in [0.25, 0.3) is 0 Å². The van der Waals surface area contributed by atoms with Crippen LogP contribution in [-0.4, -0.2) is 12.7 Å². The summed E-state index contributed by atoms with van der Waals surface area (Å²) in [7, 11) is 0. The van der Waals surface area contributed by atoms with E-state index in [1.807, 2.05) is 6.92 Å². The van der Waals surface area contributed by atoms with Gasteiger partial charge in [0.25, 0.3) is 0 Å². The number of nitrogens with two attached hydrogens (primary N) is 1. The molecular formula is C8H16INO2. The van der Waals surface area contributed by atoms with Crippen LogP contribution < -0.4 is 5.73 Å². The lowest BCUT2D eigenvalue weighted by atomic mass is 10.4. The van der Waals surface area contributed by atoms with Gasteiger partial charge in [-0.3, -0.25) is 0 Å². The molecule has 12 heavy (non-hydrogen) atoms. The van der Waals surface area contributed by atoms with Gasteiger partial charge in [-0.1, -0.05) is 13.3 Å². The third-order valence-electron chi connectivity index (χ3n) is 0.742. The largest absolute Gasteiger partial charge is 0.450 e. The number of terminal acetylenes is 1. The smallest absolute Gasteiger partial charge is 0.404 e. The number of carbonyl (C=O) groups excluding carboxylic acids is 1. The average Bonchev–Trinajstić information content (AvgIpc) is 1.89. The van der Waals surface area contributed by atoms with E-state index in [0.717, 1.165) is 12.8 Å².